The zero-order chi connectivity index (χ0) is 17.2. The van der Waals surface area contributed by atoms with Gasteiger partial charge in [0.15, 0.2) is 0 Å². The number of amides is 1. The van der Waals surface area contributed by atoms with E-state index < -0.39 is 5.97 Å². The second-order valence-electron chi connectivity index (χ2n) is 5.76. The highest BCUT2D eigenvalue weighted by atomic mass is 16.4. The smallest absolute Gasteiger partial charge is 0.303 e. The Morgan fingerprint density at radius 2 is 1.38 bits per heavy atom. The molecule has 0 aromatic heterocycles. The van der Waals surface area contributed by atoms with Crippen molar-refractivity contribution in [3.8, 4) is 0 Å². The standard InChI is InChI=1S/C20H23NO3/c22-19(14-8-3-9-15-20(23)24)21(18-12-6-2-7-13-18)16-17-10-4-1-5-11-17/h1-2,4-7,10-13H,3,8-9,14-16H2,(H,23,24). The molecule has 0 saturated carbocycles. The van der Waals surface area contributed by atoms with Gasteiger partial charge < -0.3 is 10.0 Å². The third-order valence-corrected chi connectivity index (χ3v) is 3.83. The lowest BCUT2D eigenvalue weighted by atomic mass is 10.1. The van der Waals surface area contributed by atoms with Crippen LogP contribution in [0.2, 0.25) is 0 Å². The van der Waals surface area contributed by atoms with Crippen molar-refractivity contribution in [1.82, 2.24) is 0 Å². The maximum absolute atomic E-state index is 12.7. The van der Waals surface area contributed by atoms with Crippen LogP contribution < -0.4 is 4.90 Å². The quantitative estimate of drug-likeness (QED) is 0.701. The van der Waals surface area contributed by atoms with Gasteiger partial charge in [-0.25, -0.2) is 0 Å². The number of carbonyl (C=O) groups is 2. The van der Waals surface area contributed by atoms with E-state index in [1.165, 1.54) is 0 Å². The Hall–Kier alpha value is -2.62. The lowest BCUT2D eigenvalue weighted by Crippen LogP contribution is -2.30. The van der Waals surface area contributed by atoms with E-state index in [2.05, 4.69) is 0 Å². The van der Waals surface area contributed by atoms with Gasteiger partial charge in [0, 0.05) is 18.5 Å². The summed E-state index contributed by atoms with van der Waals surface area (Å²) in [5.41, 5.74) is 1.97. The van der Waals surface area contributed by atoms with E-state index in [0.717, 1.165) is 17.7 Å². The van der Waals surface area contributed by atoms with Crippen molar-refractivity contribution in [1.29, 1.82) is 0 Å². The number of carboxylic acid groups (broad SMARTS) is 1. The number of anilines is 1. The van der Waals surface area contributed by atoms with Crippen LogP contribution >= 0.6 is 0 Å². The van der Waals surface area contributed by atoms with E-state index in [1.54, 1.807) is 4.90 Å². The highest BCUT2D eigenvalue weighted by molar-refractivity contribution is 5.93. The van der Waals surface area contributed by atoms with Gasteiger partial charge in [-0.2, -0.15) is 0 Å². The number of para-hydroxylation sites is 1. The predicted molar refractivity (Wildman–Crippen MR) is 94.8 cm³/mol. The molecule has 2 rings (SSSR count). The molecule has 2 aromatic rings. The number of aliphatic carboxylic acids is 1. The Morgan fingerprint density at radius 1 is 0.792 bits per heavy atom. The van der Waals surface area contributed by atoms with Crippen LogP contribution in [0.3, 0.4) is 0 Å². The Bertz CT molecular complexity index is 640. The molecule has 0 heterocycles. The monoisotopic (exact) mass is 325 g/mol. The molecule has 0 atom stereocenters. The second-order valence-corrected chi connectivity index (χ2v) is 5.76. The van der Waals surface area contributed by atoms with E-state index in [0.29, 0.717) is 25.8 Å². The normalized spacial score (nSPS) is 10.3. The van der Waals surface area contributed by atoms with Gasteiger partial charge >= 0.3 is 5.97 Å². The van der Waals surface area contributed by atoms with Gasteiger partial charge in [0.25, 0.3) is 0 Å². The van der Waals surface area contributed by atoms with Crippen LogP contribution in [0.5, 0.6) is 0 Å². The lowest BCUT2D eigenvalue weighted by molar-refractivity contribution is -0.137. The Kier molecular flexibility index (Phi) is 7.02. The van der Waals surface area contributed by atoms with Gasteiger partial charge in [-0.05, 0) is 30.5 Å². The first-order chi connectivity index (χ1) is 11.7. The van der Waals surface area contributed by atoms with E-state index >= 15 is 0 Å². The van der Waals surface area contributed by atoms with Crippen LogP contribution in [0, 0.1) is 0 Å². The van der Waals surface area contributed by atoms with E-state index in [-0.39, 0.29) is 12.3 Å². The molecule has 2 aromatic carbocycles. The third kappa shape index (κ3) is 5.88. The molecule has 4 nitrogen and oxygen atoms in total. The molecule has 0 aliphatic heterocycles. The number of hydrogen-bond donors (Lipinski definition) is 1. The van der Waals surface area contributed by atoms with Crippen molar-refractivity contribution >= 4 is 17.6 Å². The summed E-state index contributed by atoms with van der Waals surface area (Å²) in [6.07, 6.45) is 2.69. The Labute approximate surface area is 142 Å². The lowest BCUT2D eigenvalue weighted by Gasteiger charge is -2.23. The maximum Gasteiger partial charge on any atom is 0.303 e. The molecule has 0 aliphatic carbocycles. The van der Waals surface area contributed by atoms with E-state index in [4.69, 9.17) is 5.11 Å². The summed E-state index contributed by atoms with van der Waals surface area (Å²) >= 11 is 0. The fourth-order valence-corrected chi connectivity index (χ4v) is 2.56. The average molecular weight is 325 g/mol. The minimum absolute atomic E-state index is 0.0698. The molecule has 126 valence electrons. The highest BCUT2D eigenvalue weighted by Gasteiger charge is 2.15. The molecule has 4 heteroatoms. The molecular weight excluding hydrogens is 302 g/mol. The zero-order valence-electron chi connectivity index (χ0n) is 13.7. The molecule has 1 amide bonds. The van der Waals surface area contributed by atoms with Gasteiger partial charge in [-0.15, -0.1) is 0 Å². The number of carboxylic acids is 1. The summed E-state index contributed by atoms with van der Waals surface area (Å²) in [7, 11) is 0. The van der Waals surface area contributed by atoms with Crippen LogP contribution in [-0.4, -0.2) is 17.0 Å². The summed E-state index contributed by atoms with van der Waals surface area (Å²) < 4.78 is 0. The summed E-state index contributed by atoms with van der Waals surface area (Å²) in [5, 5.41) is 8.65. The number of hydrogen-bond acceptors (Lipinski definition) is 2. The van der Waals surface area contributed by atoms with Crippen LogP contribution in [0.1, 0.15) is 37.7 Å². The molecule has 1 N–H and O–H groups in total. The fourth-order valence-electron chi connectivity index (χ4n) is 2.56. The molecule has 0 spiro atoms. The summed E-state index contributed by atoms with van der Waals surface area (Å²) in [4.78, 5) is 25.0. The molecule has 0 fully saturated rings. The number of nitrogens with zero attached hydrogens (tertiary/aromatic N) is 1. The highest BCUT2D eigenvalue weighted by Crippen LogP contribution is 2.19. The summed E-state index contributed by atoms with van der Waals surface area (Å²) in [6, 6.07) is 19.6. The van der Waals surface area contributed by atoms with Crippen LogP contribution in [0.4, 0.5) is 5.69 Å². The molecule has 0 radical (unpaired) electrons. The van der Waals surface area contributed by atoms with Crippen molar-refractivity contribution in [3.63, 3.8) is 0 Å². The largest absolute Gasteiger partial charge is 0.481 e. The van der Waals surface area contributed by atoms with Crippen molar-refractivity contribution in [2.45, 2.75) is 38.6 Å². The van der Waals surface area contributed by atoms with E-state index in [9.17, 15) is 9.59 Å². The first-order valence-corrected chi connectivity index (χ1v) is 8.28. The molecular formula is C20H23NO3. The van der Waals surface area contributed by atoms with Gasteiger partial charge in [-0.1, -0.05) is 55.0 Å². The van der Waals surface area contributed by atoms with E-state index in [1.807, 2.05) is 60.7 Å². The molecule has 0 unspecified atom stereocenters. The minimum atomic E-state index is -0.781. The summed E-state index contributed by atoms with van der Waals surface area (Å²) in [5.74, 6) is -0.711. The number of rotatable bonds is 9. The fraction of sp³-hybridized carbons (Fsp3) is 0.300. The Morgan fingerprint density at radius 3 is 2.00 bits per heavy atom. The van der Waals surface area contributed by atoms with Crippen molar-refractivity contribution in [3.05, 3.63) is 66.2 Å². The SMILES string of the molecule is O=C(O)CCCCCC(=O)N(Cc1ccccc1)c1ccccc1. The topological polar surface area (TPSA) is 57.6 Å². The van der Waals surface area contributed by atoms with Crippen LogP contribution in [0.25, 0.3) is 0 Å². The van der Waals surface area contributed by atoms with Gasteiger partial charge in [-0.3, -0.25) is 9.59 Å². The van der Waals surface area contributed by atoms with Gasteiger partial charge in [0.05, 0.1) is 6.54 Å². The molecule has 24 heavy (non-hydrogen) atoms. The summed E-state index contributed by atoms with van der Waals surface area (Å²) in [6.45, 7) is 0.540. The van der Waals surface area contributed by atoms with Crippen molar-refractivity contribution < 1.29 is 14.7 Å². The Balaban J connectivity index is 1.97. The molecule has 0 bridgehead atoms. The predicted octanol–water partition coefficient (Wildman–Crippen LogP) is 4.25. The zero-order valence-corrected chi connectivity index (χ0v) is 13.7. The van der Waals surface area contributed by atoms with Crippen LogP contribution in [-0.2, 0) is 16.1 Å². The third-order valence-electron chi connectivity index (χ3n) is 3.83. The number of benzene rings is 2. The number of unbranched alkanes of at least 4 members (excludes halogenated alkanes) is 2. The first kappa shape index (κ1) is 17.7. The molecule has 0 saturated heterocycles. The maximum atomic E-state index is 12.7. The van der Waals surface area contributed by atoms with Crippen LogP contribution in [0.15, 0.2) is 60.7 Å². The van der Waals surface area contributed by atoms with Gasteiger partial charge in [0.2, 0.25) is 5.91 Å². The second kappa shape index (κ2) is 9.50. The van der Waals surface area contributed by atoms with Crippen molar-refractivity contribution in [2.24, 2.45) is 0 Å². The molecule has 0 aliphatic rings. The number of carbonyl (C=O) groups excluding carboxylic acids is 1. The van der Waals surface area contributed by atoms with Gasteiger partial charge in [0.1, 0.15) is 0 Å². The average Bonchev–Trinajstić information content (AvgIpc) is 2.60. The minimum Gasteiger partial charge on any atom is -0.481 e. The first-order valence-electron chi connectivity index (χ1n) is 8.28. The van der Waals surface area contributed by atoms with Crippen molar-refractivity contribution in [2.75, 3.05) is 4.90 Å².